The first-order chi connectivity index (χ1) is 12.0. The molecule has 1 aromatic carbocycles. The second-order valence-corrected chi connectivity index (χ2v) is 6.95. The van der Waals surface area contributed by atoms with E-state index in [4.69, 9.17) is 32.5 Å². The van der Waals surface area contributed by atoms with E-state index in [-0.39, 0.29) is 29.1 Å². The van der Waals surface area contributed by atoms with E-state index in [0.717, 1.165) is 0 Å². The number of nitrogens with one attached hydrogen (secondary N) is 1. The maximum atomic E-state index is 12.2. The fraction of sp³-hybridized carbons (Fsp3) is 0.412. The number of ether oxygens (including phenoxy) is 2. The van der Waals surface area contributed by atoms with Gasteiger partial charge in [-0.3, -0.25) is 0 Å². The van der Waals surface area contributed by atoms with Gasteiger partial charge in [0.25, 0.3) is 0 Å². The zero-order chi connectivity index (χ0) is 19.9. The van der Waals surface area contributed by atoms with Crippen molar-refractivity contribution < 1.29 is 29.0 Å². The van der Waals surface area contributed by atoms with Crippen molar-refractivity contribution in [3.8, 4) is 5.75 Å². The Labute approximate surface area is 156 Å². The van der Waals surface area contributed by atoms with Gasteiger partial charge in [0.05, 0.1) is 4.99 Å². The minimum absolute atomic E-state index is 0.0213. The molecule has 1 rings (SSSR count). The highest BCUT2D eigenvalue weighted by Crippen LogP contribution is 2.21. The zero-order valence-electron chi connectivity index (χ0n) is 14.8. The van der Waals surface area contributed by atoms with Gasteiger partial charge in [-0.1, -0.05) is 24.4 Å². The summed E-state index contributed by atoms with van der Waals surface area (Å²) in [6, 6.07) is 4.78. The van der Waals surface area contributed by atoms with E-state index in [2.05, 4.69) is 5.32 Å². The highest BCUT2D eigenvalue weighted by Gasteiger charge is 2.24. The molecule has 0 saturated heterocycles. The third-order valence-corrected chi connectivity index (χ3v) is 3.18. The third-order valence-electron chi connectivity index (χ3n) is 2.98. The van der Waals surface area contributed by atoms with Crippen molar-refractivity contribution >= 4 is 35.2 Å². The van der Waals surface area contributed by atoms with E-state index < -0.39 is 29.7 Å². The summed E-state index contributed by atoms with van der Waals surface area (Å²) in [5.74, 6) is -1.96. The van der Waals surface area contributed by atoms with Crippen LogP contribution in [0.2, 0.25) is 0 Å². The Morgan fingerprint density at radius 1 is 1.27 bits per heavy atom. The van der Waals surface area contributed by atoms with Gasteiger partial charge in [-0.25, -0.2) is 14.4 Å². The van der Waals surface area contributed by atoms with Crippen LogP contribution in [0.1, 0.15) is 44.0 Å². The van der Waals surface area contributed by atoms with Crippen molar-refractivity contribution in [2.75, 3.05) is 0 Å². The number of hydrogen-bond donors (Lipinski definition) is 3. The van der Waals surface area contributed by atoms with E-state index in [1.165, 1.54) is 12.1 Å². The fourth-order valence-corrected chi connectivity index (χ4v) is 1.99. The number of carboxylic acid groups (broad SMARTS) is 1. The molecule has 1 atom stereocenters. The van der Waals surface area contributed by atoms with Crippen LogP contribution in [-0.2, 0) is 9.53 Å². The first-order valence-corrected chi connectivity index (χ1v) is 8.22. The summed E-state index contributed by atoms with van der Waals surface area (Å²) in [7, 11) is 0. The Bertz CT molecular complexity index is 699. The highest BCUT2D eigenvalue weighted by atomic mass is 32.1. The third kappa shape index (κ3) is 7.47. The Balaban J connectivity index is 2.84. The van der Waals surface area contributed by atoms with Crippen LogP contribution in [0, 0.1) is 0 Å². The number of esters is 1. The normalized spacial score (nSPS) is 12.0. The summed E-state index contributed by atoms with van der Waals surface area (Å²) >= 11 is 4.70. The van der Waals surface area contributed by atoms with Gasteiger partial charge < -0.3 is 25.6 Å². The Morgan fingerprint density at radius 3 is 2.42 bits per heavy atom. The second kappa shape index (κ2) is 9.14. The molecule has 0 aliphatic carbocycles. The first-order valence-electron chi connectivity index (χ1n) is 7.81. The molecule has 0 radical (unpaired) electrons. The molecule has 0 saturated carbocycles. The lowest BCUT2D eigenvalue weighted by Gasteiger charge is -2.20. The summed E-state index contributed by atoms with van der Waals surface area (Å²) in [6.07, 6.45) is -0.842. The molecule has 142 valence electrons. The summed E-state index contributed by atoms with van der Waals surface area (Å²) in [4.78, 5) is 35.6. The van der Waals surface area contributed by atoms with Crippen LogP contribution in [0.3, 0.4) is 0 Å². The predicted molar refractivity (Wildman–Crippen MR) is 98.2 cm³/mol. The molecular weight excluding hydrogens is 360 g/mol. The van der Waals surface area contributed by atoms with Gasteiger partial charge in [0, 0.05) is 6.42 Å². The van der Waals surface area contributed by atoms with Crippen molar-refractivity contribution in [1.29, 1.82) is 0 Å². The number of carboxylic acids is 1. The van der Waals surface area contributed by atoms with Crippen LogP contribution < -0.4 is 15.8 Å². The lowest BCUT2D eigenvalue weighted by Crippen LogP contribution is -2.42. The van der Waals surface area contributed by atoms with Gasteiger partial charge in [0.2, 0.25) is 0 Å². The monoisotopic (exact) mass is 382 g/mol. The number of nitrogens with two attached hydrogens (primary N) is 1. The molecule has 0 aliphatic heterocycles. The topological polar surface area (TPSA) is 128 Å². The average Bonchev–Trinajstić information content (AvgIpc) is 2.49. The zero-order valence-corrected chi connectivity index (χ0v) is 15.6. The second-order valence-electron chi connectivity index (χ2n) is 6.43. The Hall–Kier alpha value is -2.68. The summed E-state index contributed by atoms with van der Waals surface area (Å²) < 4.78 is 10.3. The number of rotatable bonds is 7. The number of carbonyl (C=O) groups is 3. The summed E-state index contributed by atoms with van der Waals surface area (Å²) in [5, 5.41) is 11.3. The lowest BCUT2D eigenvalue weighted by molar-refractivity contribution is -0.139. The van der Waals surface area contributed by atoms with Crippen LogP contribution >= 0.6 is 12.2 Å². The van der Waals surface area contributed by atoms with Gasteiger partial charge >= 0.3 is 18.0 Å². The molecule has 0 aromatic heterocycles. The number of hydrogen-bond acceptors (Lipinski definition) is 6. The van der Waals surface area contributed by atoms with Crippen molar-refractivity contribution in [2.24, 2.45) is 5.73 Å². The van der Waals surface area contributed by atoms with Crippen LogP contribution in [0.5, 0.6) is 5.75 Å². The van der Waals surface area contributed by atoms with E-state index in [9.17, 15) is 14.4 Å². The number of thiocarbonyl (C=S) groups is 1. The minimum Gasteiger partial charge on any atom is -0.480 e. The smallest absolute Gasteiger partial charge is 0.413 e. The van der Waals surface area contributed by atoms with Crippen LogP contribution in [0.15, 0.2) is 24.3 Å². The number of carbonyl (C=O) groups excluding carboxylic acids is 2. The van der Waals surface area contributed by atoms with Crippen LogP contribution in [0.4, 0.5) is 4.79 Å². The lowest BCUT2D eigenvalue weighted by atomic mass is 10.1. The number of amides is 1. The molecule has 1 aromatic rings. The van der Waals surface area contributed by atoms with E-state index in [0.29, 0.717) is 0 Å². The van der Waals surface area contributed by atoms with Gasteiger partial charge in [-0.2, -0.15) is 0 Å². The molecule has 9 heteroatoms. The molecule has 26 heavy (non-hydrogen) atoms. The number of aliphatic carboxylic acids is 1. The molecule has 0 bridgehead atoms. The first kappa shape index (κ1) is 21.4. The molecule has 0 spiro atoms. The minimum atomic E-state index is -1.25. The van der Waals surface area contributed by atoms with E-state index >= 15 is 0 Å². The Kier molecular flexibility index (Phi) is 7.51. The molecule has 0 heterocycles. The molecule has 1 amide bonds. The Morgan fingerprint density at radius 2 is 1.88 bits per heavy atom. The number of benzene rings is 1. The standard InChI is InChI=1S/C17H22N2O6S/c1-17(2,3)25-15(22)10-6-4-5-7-12(10)24-16(23)19-11(14(20)21)8-9-13(18)26/h4-7,11H,8-9H2,1-3H3,(H2,18,26)(H,19,23)(H,20,21). The van der Waals surface area contributed by atoms with Gasteiger partial charge in [-0.05, 0) is 39.3 Å². The molecule has 1 unspecified atom stereocenters. The maximum absolute atomic E-state index is 12.2. The average molecular weight is 382 g/mol. The molecular formula is C17H22N2O6S. The highest BCUT2D eigenvalue weighted by molar-refractivity contribution is 7.80. The summed E-state index contributed by atoms with van der Waals surface area (Å²) in [5.41, 5.74) is 4.67. The predicted octanol–water partition coefficient (Wildman–Crippen LogP) is 2.25. The van der Waals surface area contributed by atoms with E-state index in [1.807, 2.05) is 0 Å². The quantitative estimate of drug-likeness (QED) is 0.484. The van der Waals surface area contributed by atoms with Gasteiger partial charge in [-0.15, -0.1) is 0 Å². The van der Waals surface area contributed by atoms with Gasteiger partial charge in [0.1, 0.15) is 23.0 Å². The fourth-order valence-electron chi connectivity index (χ4n) is 1.87. The largest absolute Gasteiger partial charge is 0.480 e. The van der Waals surface area contributed by atoms with Crippen molar-refractivity contribution in [3.05, 3.63) is 29.8 Å². The van der Waals surface area contributed by atoms with Crippen molar-refractivity contribution in [2.45, 2.75) is 45.3 Å². The molecule has 0 aliphatic rings. The SMILES string of the molecule is CC(C)(C)OC(=O)c1ccccc1OC(=O)NC(CCC(N)=S)C(=O)O. The maximum Gasteiger partial charge on any atom is 0.413 e. The van der Waals surface area contributed by atoms with Crippen molar-refractivity contribution in [3.63, 3.8) is 0 Å². The van der Waals surface area contributed by atoms with Crippen LogP contribution in [0.25, 0.3) is 0 Å². The molecule has 4 N–H and O–H groups in total. The molecule has 0 fully saturated rings. The van der Waals surface area contributed by atoms with Crippen molar-refractivity contribution in [1.82, 2.24) is 5.32 Å². The molecule has 8 nitrogen and oxygen atoms in total. The van der Waals surface area contributed by atoms with Gasteiger partial charge in [0.15, 0.2) is 0 Å². The van der Waals surface area contributed by atoms with Crippen LogP contribution in [-0.4, -0.2) is 39.8 Å². The summed E-state index contributed by atoms with van der Waals surface area (Å²) in [6.45, 7) is 5.13. The van der Waals surface area contributed by atoms with E-state index in [1.54, 1.807) is 32.9 Å². The number of para-hydroxylation sites is 1.